The minimum Gasteiger partial charge on any atom is -0.478 e. The molecule has 1 amide bonds. The molecule has 0 spiro atoms. The maximum absolute atomic E-state index is 13.7. The Bertz CT molecular complexity index is 1830. The summed E-state index contributed by atoms with van der Waals surface area (Å²) in [7, 11) is 0. The van der Waals surface area contributed by atoms with Crippen molar-refractivity contribution in [3.8, 4) is 5.88 Å². The zero-order valence-electron chi connectivity index (χ0n) is 29.2. The lowest BCUT2D eigenvalue weighted by molar-refractivity contribution is -0.150. The number of guanidine groups is 1. The van der Waals surface area contributed by atoms with Gasteiger partial charge < -0.3 is 39.6 Å². The first-order chi connectivity index (χ1) is 25.5. The van der Waals surface area contributed by atoms with Crippen LogP contribution in [0.3, 0.4) is 0 Å². The number of ether oxygens (including phenoxy) is 4. The highest BCUT2D eigenvalue weighted by Gasteiger charge is 2.28. The Labute approximate surface area is 317 Å². The molecule has 4 heterocycles. The van der Waals surface area contributed by atoms with Crippen molar-refractivity contribution >= 4 is 80.0 Å². The van der Waals surface area contributed by atoms with E-state index in [2.05, 4.69) is 50.3 Å². The fourth-order valence-electron chi connectivity index (χ4n) is 5.23. The summed E-state index contributed by atoms with van der Waals surface area (Å²) in [5, 5.41) is 15.1. The maximum atomic E-state index is 13.7. The molecule has 1 saturated heterocycles. The predicted molar refractivity (Wildman–Crippen MR) is 197 cm³/mol. The molecule has 0 bridgehead atoms. The number of carbonyl (C=O) groups excluding carboxylic acids is 3. The van der Waals surface area contributed by atoms with Crippen molar-refractivity contribution in [2.24, 2.45) is 4.99 Å². The molecule has 3 aromatic rings. The molecular weight excluding hydrogens is 778 g/mol. The van der Waals surface area contributed by atoms with Crippen LogP contribution in [0, 0.1) is 0 Å². The third-order valence-corrected chi connectivity index (χ3v) is 9.17. The first-order valence-electron chi connectivity index (χ1n) is 16.8. The molecular formula is C33H40BrN9O9S. The van der Waals surface area contributed by atoms with Crippen LogP contribution in [0.2, 0.25) is 0 Å². The van der Waals surface area contributed by atoms with Crippen LogP contribution in [0.25, 0.3) is 11.0 Å². The summed E-state index contributed by atoms with van der Waals surface area (Å²) in [6, 6.07) is 3.55. The minimum atomic E-state index is -1.27. The number of morpholine rings is 1. The second-order valence-electron chi connectivity index (χ2n) is 12.5. The van der Waals surface area contributed by atoms with Gasteiger partial charge in [-0.15, -0.1) is 4.37 Å². The molecule has 18 nitrogen and oxygen atoms in total. The van der Waals surface area contributed by atoms with Crippen molar-refractivity contribution in [1.82, 2.24) is 29.3 Å². The van der Waals surface area contributed by atoms with Gasteiger partial charge in [-0.1, -0.05) is 0 Å². The van der Waals surface area contributed by atoms with E-state index in [1.54, 1.807) is 38.4 Å². The van der Waals surface area contributed by atoms with Crippen LogP contribution in [0.4, 0.5) is 11.5 Å². The summed E-state index contributed by atoms with van der Waals surface area (Å²) >= 11 is 4.60. The topological polar surface area (TPSA) is 220 Å². The van der Waals surface area contributed by atoms with Crippen molar-refractivity contribution in [3.05, 3.63) is 41.2 Å². The van der Waals surface area contributed by atoms with Gasteiger partial charge in [0.25, 0.3) is 5.88 Å². The average Bonchev–Trinajstić information content (AvgIpc) is 3.86. The van der Waals surface area contributed by atoms with E-state index in [4.69, 9.17) is 24.1 Å². The van der Waals surface area contributed by atoms with E-state index in [1.807, 2.05) is 4.90 Å². The van der Waals surface area contributed by atoms with Gasteiger partial charge in [0.1, 0.15) is 24.8 Å². The molecule has 3 N–H and O–H groups in total. The highest BCUT2D eigenvalue weighted by Crippen LogP contribution is 2.33. The lowest BCUT2D eigenvalue weighted by Crippen LogP contribution is -2.49. The predicted octanol–water partition coefficient (Wildman–Crippen LogP) is 2.09. The summed E-state index contributed by atoms with van der Waals surface area (Å²) in [6.45, 7) is 6.90. The van der Waals surface area contributed by atoms with Crippen molar-refractivity contribution < 1.29 is 43.2 Å². The zero-order chi connectivity index (χ0) is 37.8. The van der Waals surface area contributed by atoms with E-state index in [0.29, 0.717) is 84.3 Å². The van der Waals surface area contributed by atoms with E-state index < -0.39 is 29.6 Å². The number of hydrogen-bond donors (Lipinski definition) is 3. The number of fused-ring (bicyclic) bond motifs is 1. The van der Waals surface area contributed by atoms with Crippen molar-refractivity contribution in [2.45, 2.75) is 44.8 Å². The first-order valence-corrected chi connectivity index (χ1v) is 18.3. The van der Waals surface area contributed by atoms with E-state index >= 15 is 0 Å². The summed E-state index contributed by atoms with van der Waals surface area (Å²) < 4.78 is 31.7. The van der Waals surface area contributed by atoms with E-state index in [-0.39, 0.29) is 44.9 Å². The molecule has 1 atom stereocenters. The summed E-state index contributed by atoms with van der Waals surface area (Å²) in [5.74, 6) is -1.63. The quantitative estimate of drug-likeness (QED) is 0.131. The molecule has 2 aromatic heterocycles. The van der Waals surface area contributed by atoms with E-state index in [9.17, 15) is 19.2 Å². The number of aliphatic imine (C=N–C) groups is 1. The van der Waals surface area contributed by atoms with Crippen molar-refractivity contribution in [2.75, 3.05) is 69.0 Å². The Kier molecular flexibility index (Phi) is 14.0. The number of nitrogens with one attached hydrogen (secondary N) is 2. The molecule has 20 heteroatoms. The normalized spacial score (nSPS) is 15.2. The Hall–Kier alpha value is -4.79. The number of amides is 1. The summed E-state index contributed by atoms with van der Waals surface area (Å²) in [6.07, 6.45) is 4.00. The molecule has 5 rings (SSSR count). The first kappa shape index (κ1) is 39.4. The van der Waals surface area contributed by atoms with Gasteiger partial charge in [-0.25, -0.2) is 14.5 Å². The zero-order valence-corrected chi connectivity index (χ0v) is 31.6. The van der Waals surface area contributed by atoms with E-state index in [0.717, 1.165) is 17.8 Å². The van der Waals surface area contributed by atoms with Gasteiger partial charge in [0.2, 0.25) is 17.7 Å². The lowest BCUT2D eigenvalue weighted by Gasteiger charge is -2.29. The third-order valence-electron chi connectivity index (χ3n) is 7.89. The molecule has 284 valence electrons. The number of carboxylic acid groups (broad SMARTS) is 1. The number of benzene rings is 1. The Balaban J connectivity index is 1.21. The van der Waals surface area contributed by atoms with Gasteiger partial charge in [0.15, 0.2) is 0 Å². The monoisotopic (exact) mass is 817 g/mol. The molecule has 53 heavy (non-hydrogen) atoms. The van der Waals surface area contributed by atoms with Crippen LogP contribution in [0.5, 0.6) is 5.88 Å². The summed E-state index contributed by atoms with van der Waals surface area (Å²) in [5.41, 5.74) is 0.997. The minimum absolute atomic E-state index is 0.0162. The van der Waals surface area contributed by atoms with Gasteiger partial charge in [-0.3, -0.25) is 24.5 Å². The second kappa shape index (κ2) is 18.8. The van der Waals surface area contributed by atoms with Crippen LogP contribution in [-0.4, -0.2) is 124 Å². The average molecular weight is 819 g/mol. The number of carbonyl (C=O) groups is 4. The second-order valence-corrected chi connectivity index (χ2v) is 13.8. The van der Waals surface area contributed by atoms with Gasteiger partial charge in [-0.2, -0.15) is 4.37 Å². The summed E-state index contributed by atoms with van der Waals surface area (Å²) in [4.78, 5) is 66.2. The third kappa shape index (κ3) is 11.3. The van der Waals surface area contributed by atoms with Crippen molar-refractivity contribution in [1.29, 1.82) is 0 Å². The number of carboxylic acids is 1. The van der Waals surface area contributed by atoms with Gasteiger partial charge >= 0.3 is 17.9 Å². The molecule has 2 aliphatic heterocycles. The fraction of sp³-hybridized carbons (Fsp3) is 0.485. The highest BCUT2D eigenvalue weighted by molar-refractivity contribution is 9.10. The van der Waals surface area contributed by atoms with Crippen LogP contribution < -0.4 is 25.2 Å². The number of esters is 2. The Morgan fingerprint density at radius 3 is 2.70 bits per heavy atom. The van der Waals surface area contributed by atoms with Crippen LogP contribution in [0.1, 0.15) is 33.1 Å². The Morgan fingerprint density at radius 1 is 1.15 bits per heavy atom. The van der Waals surface area contributed by atoms with Gasteiger partial charge in [-0.05, 0) is 48.3 Å². The number of aromatic nitrogens is 4. The van der Waals surface area contributed by atoms with Gasteiger partial charge in [0, 0.05) is 69.1 Å². The molecule has 1 fully saturated rings. The SMILES string of the molecule is CC(C)(COC(=O)/C=C\C(=O)O)NC[C@@H](COc1nsnc1N1CCOCC1)OC(=O)CCCC(=O)N(C1=NCCN1)c1ccc2nccnc2c1Br. The molecule has 0 aliphatic carbocycles. The lowest BCUT2D eigenvalue weighted by atomic mass is 10.1. The fourth-order valence-corrected chi connectivity index (χ4v) is 6.36. The smallest absolute Gasteiger partial charge is 0.331 e. The Morgan fingerprint density at radius 2 is 1.94 bits per heavy atom. The molecule has 0 saturated carbocycles. The molecule has 0 radical (unpaired) electrons. The standard InChI is InChI=1S/C33H40BrN9O9S/c1-33(2,20-51-26(47)9-8-25(45)46)39-18-21(19-50-31-30(40-53-41-31)42-14-16-49-17-15-42)52-27(48)5-3-4-24(44)43(32-37-12-13-38-32)23-7-6-22-29(28(23)34)36-11-10-35-22/h6-11,21,39H,3-5,12-20H2,1-2H3,(H,37,38)(H,45,46)/b9-8-/t21-/m0/s1. The van der Waals surface area contributed by atoms with Gasteiger partial charge in [0.05, 0.1) is 47.2 Å². The molecule has 2 aliphatic rings. The number of aliphatic carboxylic acids is 1. The van der Waals surface area contributed by atoms with Crippen LogP contribution in [0.15, 0.2) is 46.1 Å². The largest absolute Gasteiger partial charge is 0.478 e. The van der Waals surface area contributed by atoms with Crippen LogP contribution >= 0.6 is 27.7 Å². The number of nitrogens with zero attached hydrogens (tertiary/aromatic N) is 7. The molecule has 0 unspecified atom stereocenters. The highest BCUT2D eigenvalue weighted by atomic mass is 79.9. The molecule has 1 aromatic carbocycles. The van der Waals surface area contributed by atoms with Crippen LogP contribution in [-0.2, 0) is 33.4 Å². The number of halogens is 1. The number of rotatable bonds is 17. The number of hydrogen-bond acceptors (Lipinski definition) is 17. The number of anilines is 2. The maximum Gasteiger partial charge on any atom is 0.331 e. The van der Waals surface area contributed by atoms with Crippen molar-refractivity contribution in [3.63, 3.8) is 0 Å². The van der Waals surface area contributed by atoms with E-state index in [1.165, 1.54) is 4.90 Å².